The topological polar surface area (TPSA) is 64.4 Å². The first-order valence-electron chi connectivity index (χ1n) is 8.11. The summed E-state index contributed by atoms with van der Waals surface area (Å²) in [6, 6.07) is 14.1. The molecule has 0 aliphatic heterocycles. The number of para-hydroxylation sites is 1. The van der Waals surface area contributed by atoms with Gasteiger partial charge in [0, 0.05) is 12.1 Å². The van der Waals surface area contributed by atoms with Crippen molar-refractivity contribution >= 4 is 28.4 Å². The van der Waals surface area contributed by atoms with E-state index in [0.717, 1.165) is 0 Å². The Hall–Kier alpha value is -2.86. The Kier molecular flexibility index (Phi) is 5.53. The summed E-state index contributed by atoms with van der Waals surface area (Å²) in [6.07, 6.45) is 1.40. The number of fused-ring (bicyclic) bond motifs is 1. The summed E-state index contributed by atoms with van der Waals surface area (Å²) in [5.41, 5.74) is 0.386. The van der Waals surface area contributed by atoms with Gasteiger partial charge in [-0.3, -0.25) is 14.2 Å². The number of carbonyl (C=O) groups excluding carboxylic acids is 1. The van der Waals surface area contributed by atoms with Crippen LogP contribution in [0.4, 0.5) is 0 Å². The van der Waals surface area contributed by atoms with Gasteiger partial charge < -0.3 is 9.64 Å². The van der Waals surface area contributed by atoms with Crippen molar-refractivity contribution in [1.82, 2.24) is 14.5 Å². The predicted octanol–water partition coefficient (Wildman–Crippen LogP) is 2.59. The lowest BCUT2D eigenvalue weighted by Gasteiger charge is -2.18. The molecule has 0 spiro atoms. The van der Waals surface area contributed by atoms with E-state index in [1.165, 1.54) is 15.8 Å². The first kappa shape index (κ1) is 17.9. The molecule has 26 heavy (non-hydrogen) atoms. The number of likely N-dealkylation sites (N-methyl/N-ethyl adjacent to an activating group) is 1. The molecular formula is C19H18ClN3O3. The van der Waals surface area contributed by atoms with Crippen LogP contribution in [0, 0.1) is 0 Å². The van der Waals surface area contributed by atoms with Crippen LogP contribution in [0.1, 0.15) is 0 Å². The minimum atomic E-state index is -0.229. The molecule has 0 unspecified atom stereocenters. The summed E-state index contributed by atoms with van der Waals surface area (Å²) >= 11 is 5.90. The summed E-state index contributed by atoms with van der Waals surface area (Å²) in [7, 11) is 1.67. The number of amides is 1. The maximum absolute atomic E-state index is 12.4. The zero-order chi connectivity index (χ0) is 18.5. The molecule has 0 N–H and O–H groups in total. The molecule has 3 rings (SSSR count). The molecule has 7 heteroatoms. The third kappa shape index (κ3) is 4.21. The van der Waals surface area contributed by atoms with E-state index >= 15 is 0 Å². The summed E-state index contributed by atoms with van der Waals surface area (Å²) in [5.74, 6) is 0.451. The second-order valence-electron chi connectivity index (χ2n) is 5.82. The highest BCUT2D eigenvalue weighted by Gasteiger charge is 2.12. The molecule has 0 saturated carbocycles. The number of carbonyl (C=O) groups is 1. The molecule has 1 heterocycles. The van der Waals surface area contributed by atoms with Gasteiger partial charge in [0.25, 0.3) is 5.56 Å². The van der Waals surface area contributed by atoms with E-state index in [-0.39, 0.29) is 18.0 Å². The number of hydrogen-bond donors (Lipinski definition) is 0. The van der Waals surface area contributed by atoms with E-state index in [2.05, 4.69) is 4.98 Å². The maximum Gasteiger partial charge on any atom is 0.261 e. The molecular weight excluding hydrogens is 354 g/mol. The van der Waals surface area contributed by atoms with Crippen molar-refractivity contribution in [3.63, 3.8) is 0 Å². The predicted molar refractivity (Wildman–Crippen MR) is 101 cm³/mol. The van der Waals surface area contributed by atoms with Gasteiger partial charge in [0.15, 0.2) is 0 Å². The second kappa shape index (κ2) is 8.01. The average molecular weight is 372 g/mol. The van der Waals surface area contributed by atoms with Gasteiger partial charge in [0.05, 0.1) is 23.8 Å². The Morgan fingerprint density at radius 2 is 2.04 bits per heavy atom. The Morgan fingerprint density at radius 3 is 2.85 bits per heavy atom. The van der Waals surface area contributed by atoms with Gasteiger partial charge in [0.1, 0.15) is 18.9 Å². The number of nitrogens with zero attached hydrogens (tertiary/aromatic N) is 3. The van der Waals surface area contributed by atoms with Crippen LogP contribution in [0.5, 0.6) is 5.75 Å². The molecule has 134 valence electrons. The Morgan fingerprint density at radius 1 is 1.23 bits per heavy atom. The van der Waals surface area contributed by atoms with E-state index < -0.39 is 0 Å². The van der Waals surface area contributed by atoms with Crippen molar-refractivity contribution < 1.29 is 9.53 Å². The van der Waals surface area contributed by atoms with E-state index in [9.17, 15) is 9.59 Å². The SMILES string of the molecule is CN(CCOc1cccc(Cl)c1)C(=O)Cn1cnc2ccccc2c1=O. The fourth-order valence-electron chi connectivity index (χ4n) is 2.47. The minimum absolute atomic E-state index is 0.0651. The standard InChI is InChI=1S/C19H18ClN3O3/c1-22(9-10-26-15-6-4-5-14(20)11-15)18(24)12-23-13-21-17-8-3-2-7-16(17)19(23)25/h2-8,11,13H,9-10,12H2,1H3. The number of hydrogen-bond acceptors (Lipinski definition) is 4. The molecule has 3 aromatic rings. The average Bonchev–Trinajstić information content (AvgIpc) is 2.64. The van der Waals surface area contributed by atoms with Crippen molar-refractivity contribution in [2.24, 2.45) is 0 Å². The number of rotatable bonds is 6. The zero-order valence-corrected chi connectivity index (χ0v) is 15.0. The Balaban J connectivity index is 1.59. The molecule has 6 nitrogen and oxygen atoms in total. The van der Waals surface area contributed by atoms with Crippen molar-refractivity contribution in [2.75, 3.05) is 20.2 Å². The molecule has 0 saturated heterocycles. The molecule has 1 amide bonds. The van der Waals surface area contributed by atoms with Crippen molar-refractivity contribution in [2.45, 2.75) is 6.54 Å². The highest BCUT2D eigenvalue weighted by atomic mass is 35.5. The van der Waals surface area contributed by atoms with Crippen LogP contribution in [0.3, 0.4) is 0 Å². The van der Waals surface area contributed by atoms with Crippen LogP contribution in [-0.2, 0) is 11.3 Å². The first-order valence-corrected chi connectivity index (χ1v) is 8.49. The highest BCUT2D eigenvalue weighted by molar-refractivity contribution is 6.30. The van der Waals surface area contributed by atoms with Crippen LogP contribution in [0.2, 0.25) is 5.02 Å². The third-order valence-electron chi connectivity index (χ3n) is 3.95. The maximum atomic E-state index is 12.4. The molecule has 2 aromatic carbocycles. The van der Waals surface area contributed by atoms with Gasteiger partial charge in [-0.2, -0.15) is 0 Å². The molecule has 0 radical (unpaired) electrons. The molecule has 0 aliphatic carbocycles. The minimum Gasteiger partial charge on any atom is -0.492 e. The third-order valence-corrected chi connectivity index (χ3v) is 4.19. The molecule has 0 aliphatic rings. The molecule has 0 bridgehead atoms. The van der Waals surface area contributed by atoms with Gasteiger partial charge >= 0.3 is 0 Å². The first-order chi connectivity index (χ1) is 12.5. The largest absolute Gasteiger partial charge is 0.492 e. The molecule has 0 fully saturated rings. The lowest BCUT2D eigenvalue weighted by atomic mass is 10.2. The van der Waals surface area contributed by atoms with E-state index in [1.807, 2.05) is 6.07 Å². The fourth-order valence-corrected chi connectivity index (χ4v) is 2.65. The van der Waals surface area contributed by atoms with Gasteiger partial charge in [0.2, 0.25) is 5.91 Å². The van der Waals surface area contributed by atoms with Crippen molar-refractivity contribution in [3.8, 4) is 5.75 Å². The highest BCUT2D eigenvalue weighted by Crippen LogP contribution is 2.16. The molecule has 1 aromatic heterocycles. The summed E-state index contributed by atoms with van der Waals surface area (Å²) in [5, 5.41) is 1.09. The van der Waals surface area contributed by atoms with Crippen LogP contribution >= 0.6 is 11.6 Å². The lowest BCUT2D eigenvalue weighted by molar-refractivity contribution is -0.130. The lowest BCUT2D eigenvalue weighted by Crippen LogP contribution is -2.36. The van der Waals surface area contributed by atoms with Crippen molar-refractivity contribution in [1.29, 1.82) is 0 Å². The van der Waals surface area contributed by atoms with Crippen LogP contribution in [0.25, 0.3) is 10.9 Å². The quantitative estimate of drug-likeness (QED) is 0.668. The van der Waals surface area contributed by atoms with Crippen LogP contribution in [-0.4, -0.2) is 40.6 Å². The van der Waals surface area contributed by atoms with Crippen molar-refractivity contribution in [3.05, 3.63) is 70.2 Å². The van der Waals surface area contributed by atoms with Gasteiger partial charge in [-0.25, -0.2) is 4.98 Å². The smallest absolute Gasteiger partial charge is 0.261 e. The summed E-state index contributed by atoms with van der Waals surface area (Å²) < 4.78 is 6.90. The van der Waals surface area contributed by atoms with Crippen LogP contribution < -0.4 is 10.3 Å². The second-order valence-corrected chi connectivity index (χ2v) is 6.25. The van der Waals surface area contributed by atoms with E-state index in [1.54, 1.807) is 49.5 Å². The normalized spacial score (nSPS) is 10.7. The Labute approximate surface area is 155 Å². The van der Waals surface area contributed by atoms with E-state index in [4.69, 9.17) is 16.3 Å². The Bertz CT molecular complexity index is 987. The zero-order valence-electron chi connectivity index (χ0n) is 14.3. The van der Waals surface area contributed by atoms with Crippen LogP contribution in [0.15, 0.2) is 59.7 Å². The van der Waals surface area contributed by atoms with Gasteiger partial charge in [-0.05, 0) is 30.3 Å². The van der Waals surface area contributed by atoms with Gasteiger partial charge in [-0.15, -0.1) is 0 Å². The summed E-state index contributed by atoms with van der Waals surface area (Å²) in [4.78, 5) is 30.5. The van der Waals surface area contributed by atoms with Gasteiger partial charge in [-0.1, -0.05) is 29.8 Å². The summed E-state index contributed by atoms with van der Waals surface area (Å²) in [6.45, 7) is 0.652. The van der Waals surface area contributed by atoms with E-state index in [0.29, 0.717) is 34.8 Å². The molecule has 0 atom stereocenters. The fraction of sp³-hybridized carbons (Fsp3) is 0.211. The number of halogens is 1. The number of aromatic nitrogens is 2. The monoisotopic (exact) mass is 371 g/mol. The number of benzene rings is 2. The number of ether oxygens (including phenoxy) is 1.